The van der Waals surface area contributed by atoms with Crippen molar-refractivity contribution in [1.82, 2.24) is 25.8 Å². The maximum atomic E-state index is 5.78. The van der Waals surface area contributed by atoms with Gasteiger partial charge in [0, 0.05) is 31.9 Å². The second kappa shape index (κ2) is 10.6. The summed E-state index contributed by atoms with van der Waals surface area (Å²) in [5, 5.41) is 13.4. The van der Waals surface area contributed by atoms with E-state index in [-0.39, 0.29) is 6.10 Å². The molecule has 1 aromatic carbocycles. The molecule has 146 valence electrons. The van der Waals surface area contributed by atoms with Crippen LogP contribution in [0, 0.1) is 0 Å². The summed E-state index contributed by atoms with van der Waals surface area (Å²) in [7, 11) is 0. The molecular formula is C19H28N6O2. The number of aromatic amines is 1. The molecule has 8 nitrogen and oxygen atoms in total. The minimum absolute atomic E-state index is 0.267. The molecule has 1 aliphatic rings. The van der Waals surface area contributed by atoms with Crippen molar-refractivity contribution in [3.05, 3.63) is 36.2 Å². The molecule has 2 aromatic rings. The van der Waals surface area contributed by atoms with E-state index >= 15 is 0 Å². The van der Waals surface area contributed by atoms with Gasteiger partial charge in [-0.05, 0) is 31.4 Å². The predicted octanol–water partition coefficient (Wildman–Crippen LogP) is 1.72. The van der Waals surface area contributed by atoms with Crippen LogP contribution in [0.3, 0.4) is 0 Å². The first-order valence-electron chi connectivity index (χ1n) is 9.51. The maximum Gasteiger partial charge on any atom is 0.191 e. The molecule has 1 aromatic heterocycles. The Bertz CT molecular complexity index is 698. The van der Waals surface area contributed by atoms with Crippen LogP contribution < -0.4 is 10.6 Å². The average molecular weight is 372 g/mol. The van der Waals surface area contributed by atoms with Crippen LogP contribution in [-0.2, 0) is 16.0 Å². The van der Waals surface area contributed by atoms with Gasteiger partial charge >= 0.3 is 0 Å². The van der Waals surface area contributed by atoms with Crippen molar-refractivity contribution in [1.29, 1.82) is 0 Å². The normalized spacial score (nSPS) is 17.2. The van der Waals surface area contributed by atoms with Gasteiger partial charge in [0.25, 0.3) is 0 Å². The Hall–Kier alpha value is -2.45. The van der Waals surface area contributed by atoms with Crippen LogP contribution in [-0.4, -0.2) is 60.2 Å². The predicted molar refractivity (Wildman–Crippen MR) is 104 cm³/mol. The second-order valence-electron chi connectivity index (χ2n) is 6.37. The van der Waals surface area contributed by atoms with Crippen LogP contribution in [0.1, 0.15) is 25.3 Å². The van der Waals surface area contributed by atoms with E-state index < -0.39 is 0 Å². The van der Waals surface area contributed by atoms with Crippen LogP contribution in [0.5, 0.6) is 0 Å². The van der Waals surface area contributed by atoms with Crippen molar-refractivity contribution in [3.8, 4) is 11.4 Å². The van der Waals surface area contributed by atoms with Crippen molar-refractivity contribution < 1.29 is 9.47 Å². The number of ether oxygens (including phenoxy) is 2. The first-order valence-corrected chi connectivity index (χ1v) is 9.51. The molecule has 0 spiro atoms. The van der Waals surface area contributed by atoms with E-state index in [9.17, 15) is 0 Å². The fourth-order valence-electron chi connectivity index (χ4n) is 2.85. The fourth-order valence-corrected chi connectivity index (χ4v) is 2.85. The van der Waals surface area contributed by atoms with E-state index in [2.05, 4.69) is 49.9 Å². The summed E-state index contributed by atoms with van der Waals surface area (Å²) in [5.41, 5.74) is 2.12. The molecule has 0 bridgehead atoms. The Morgan fingerprint density at radius 2 is 2.37 bits per heavy atom. The number of aliphatic imine (C=N–C) groups is 1. The molecule has 1 atom stereocenters. The minimum atomic E-state index is 0.267. The summed E-state index contributed by atoms with van der Waals surface area (Å²) < 4.78 is 11.1. The SMILES string of the molecule is CCNC(=NCc1cccc(-c2ncn[nH]2)c1)NCCCOC1CCOC1. The number of benzene rings is 1. The molecule has 0 radical (unpaired) electrons. The van der Waals surface area contributed by atoms with Gasteiger partial charge in [-0.1, -0.05) is 18.2 Å². The van der Waals surface area contributed by atoms with Gasteiger partial charge in [0.1, 0.15) is 6.33 Å². The van der Waals surface area contributed by atoms with Crippen LogP contribution in [0.4, 0.5) is 0 Å². The van der Waals surface area contributed by atoms with Crippen molar-refractivity contribution in [3.63, 3.8) is 0 Å². The smallest absolute Gasteiger partial charge is 0.191 e. The van der Waals surface area contributed by atoms with Gasteiger partial charge in [0.05, 0.1) is 19.3 Å². The molecule has 3 N–H and O–H groups in total. The number of aromatic nitrogens is 3. The topological polar surface area (TPSA) is 96.5 Å². The van der Waals surface area contributed by atoms with Crippen LogP contribution in [0.25, 0.3) is 11.4 Å². The van der Waals surface area contributed by atoms with Gasteiger partial charge in [0.15, 0.2) is 11.8 Å². The third kappa shape index (κ3) is 6.33. The van der Waals surface area contributed by atoms with Crippen LogP contribution >= 0.6 is 0 Å². The fraction of sp³-hybridized carbons (Fsp3) is 0.526. The van der Waals surface area contributed by atoms with E-state index in [1.165, 1.54) is 6.33 Å². The van der Waals surface area contributed by atoms with Gasteiger partial charge in [0.2, 0.25) is 0 Å². The van der Waals surface area contributed by atoms with Gasteiger partial charge in [-0.15, -0.1) is 0 Å². The number of hydrogen-bond donors (Lipinski definition) is 3. The van der Waals surface area contributed by atoms with Crippen molar-refractivity contribution in [2.45, 2.75) is 32.4 Å². The zero-order valence-corrected chi connectivity index (χ0v) is 15.8. The Kier molecular flexibility index (Phi) is 7.61. The third-order valence-corrected chi connectivity index (χ3v) is 4.23. The third-order valence-electron chi connectivity index (χ3n) is 4.23. The van der Waals surface area contributed by atoms with Gasteiger partial charge in [-0.3, -0.25) is 5.10 Å². The standard InChI is InChI=1S/C19H28N6O2/c1-2-20-19(21-8-4-9-27-17-7-10-26-13-17)22-12-15-5-3-6-16(11-15)18-23-14-24-25-18/h3,5-6,11,14,17H,2,4,7-10,12-13H2,1H3,(H2,20,21,22)(H,23,24,25). The molecule has 1 fully saturated rings. The van der Waals surface area contributed by atoms with Crippen molar-refractivity contribution in [2.24, 2.45) is 4.99 Å². The lowest BCUT2D eigenvalue weighted by Gasteiger charge is -2.13. The molecule has 1 unspecified atom stereocenters. The van der Waals surface area contributed by atoms with E-state index in [1.54, 1.807) is 0 Å². The molecule has 0 aliphatic carbocycles. The first kappa shape index (κ1) is 19.3. The lowest BCUT2D eigenvalue weighted by Crippen LogP contribution is -2.38. The van der Waals surface area contributed by atoms with Crippen LogP contribution in [0.2, 0.25) is 0 Å². The van der Waals surface area contributed by atoms with Gasteiger partial charge in [-0.25, -0.2) is 9.98 Å². The lowest BCUT2D eigenvalue weighted by molar-refractivity contribution is 0.0420. The molecule has 1 aliphatic heterocycles. The molecule has 2 heterocycles. The summed E-state index contributed by atoms with van der Waals surface area (Å²) in [5.74, 6) is 1.57. The highest BCUT2D eigenvalue weighted by Crippen LogP contribution is 2.15. The molecular weight excluding hydrogens is 344 g/mol. The average Bonchev–Trinajstić information content (AvgIpc) is 3.40. The van der Waals surface area contributed by atoms with Gasteiger partial charge < -0.3 is 20.1 Å². The van der Waals surface area contributed by atoms with E-state index in [1.807, 2.05) is 12.1 Å². The highest BCUT2D eigenvalue weighted by molar-refractivity contribution is 5.79. The first-order chi connectivity index (χ1) is 13.3. The Morgan fingerprint density at radius 3 is 3.15 bits per heavy atom. The van der Waals surface area contributed by atoms with E-state index in [4.69, 9.17) is 9.47 Å². The zero-order valence-electron chi connectivity index (χ0n) is 15.8. The number of nitrogens with zero attached hydrogens (tertiary/aromatic N) is 3. The number of H-pyrrole nitrogens is 1. The summed E-state index contributed by atoms with van der Waals surface area (Å²) in [6.07, 6.45) is 3.71. The molecule has 0 amide bonds. The largest absolute Gasteiger partial charge is 0.379 e. The monoisotopic (exact) mass is 372 g/mol. The van der Waals surface area contributed by atoms with E-state index in [0.29, 0.717) is 6.54 Å². The summed E-state index contributed by atoms with van der Waals surface area (Å²) in [6.45, 7) is 6.57. The Balaban J connectivity index is 1.46. The van der Waals surface area contributed by atoms with E-state index in [0.717, 1.165) is 68.7 Å². The number of hydrogen-bond acceptors (Lipinski definition) is 5. The zero-order chi connectivity index (χ0) is 18.7. The second-order valence-corrected chi connectivity index (χ2v) is 6.37. The number of rotatable bonds is 9. The van der Waals surface area contributed by atoms with Crippen LogP contribution in [0.15, 0.2) is 35.6 Å². The molecule has 8 heteroatoms. The number of guanidine groups is 1. The molecule has 0 saturated carbocycles. The Morgan fingerprint density at radius 1 is 1.41 bits per heavy atom. The molecule has 1 saturated heterocycles. The lowest BCUT2D eigenvalue weighted by atomic mass is 10.1. The molecule has 3 rings (SSSR count). The van der Waals surface area contributed by atoms with Crippen molar-refractivity contribution in [2.75, 3.05) is 32.9 Å². The van der Waals surface area contributed by atoms with Gasteiger partial charge in [-0.2, -0.15) is 5.10 Å². The highest BCUT2D eigenvalue weighted by atomic mass is 16.5. The highest BCUT2D eigenvalue weighted by Gasteiger charge is 2.15. The summed E-state index contributed by atoms with van der Waals surface area (Å²) in [6, 6.07) is 8.15. The minimum Gasteiger partial charge on any atom is -0.379 e. The maximum absolute atomic E-state index is 5.78. The molecule has 27 heavy (non-hydrogen) atoms. The summed E-state index contributed by atoms with van der Waals surface area (Å²) >= 11 is 0. The van der Waals surface area contributed by atoms with Crippen molar-refractivity contribution >= 4 is 5.96 Å². The number of nitrogens with one attached hydrogen (secondary N) is 3. The Labute approximate surface area is 159 Å². The summed E-state index contributed by atoms with van der Waals surface area (Å²) in [4.78, 5) is 8.86. The quantitative estimate of drug-likeness (QED) is 0.352.